The molecule has 0 saturated carbocycles. The van der Waals surface area contributed by atoms with E-state index in [1.807, 2.05) is 0 Å². The third-order valence-corrected chi connectivity index (χ3v) is 7.78. The van der Waals surface area contributed by atoms with Crippen LogP contribution in [0.4, 0.5) is 0 Å². The van der Waals surface area contributed by atoms with E-state index in [9.17, 15) is 0 Å². The van der Waals surface area contributed by atoms with E-state index in [1.165, 1.54) is 50.1 Å². The van der Waals surface area contributed by atoms with Gasteiger partial charge in [0.15, 0.2) is 0 Å². The SMILES string of the molecule is [C]1C(c2ccccc2)=C(c2ccccc2)C(c2ccccc2)c2c1ccc(-c1ccccc1)c2-c1ccccc1. The highest BCUT2D eigenvalue weighted by Gasteiger charge is 2.34. The monoisotopic (exact) mass is 508 g/mol. The van der Waals surface area contributed by atoms with Crippen LogP contribution in [-0.2, 0) is 0 Å². The van der Waals surface area contributed by atoms with Gasteiger partial charge in [0.2, 0.25) is 0 Å². The normalized spacial score (nSPS) is 14.6. The first-order chi connectivity index (χ1) is 19.9. The summed E-state index contributed by atoms with van der Waals surface area (Å²) in [5.74, 6) is 0.0222. The van der Waals surface area contributed by atoms with E-state index in [2.05, 4.69) is 170 Å². The third-order valence-electron chi connectivity index (χ3n) is 7.78. The molecule has 0 N–H and O–H groups in total. The van der Waals surface area contributed by atoms with Crippen molar-refractivity contribution >= 4 is 11.1 Å². The Morgan fingerprint density at radius 3 is 1.45 bits per heavy atom. The van der Waals surface area contributed by atoms with Crippen molar-refractivity contribution in [2.75, 3.05) is 0 Å². The smallest absolute Gasteiger partial charge is 0.0515 e. The van der Waals surface area contributed by atoms with Gasteiger partial charge in [0.25, 0.3) is 0 Å². The first-order valence-corrected chi connectivity index (χ1v) is 13.8. The average Bonchev–Trinajstić information content (AvgIpc) is 3.05. The van der Waals surface area contributed by atoms with Gasteiger partial charge in [0, 0.05) is 5.92 Å². The summed E-state index contributed by atoms with van der Waals surface area (Å²) in [5, 5.41) is 0. The minimum Gasteiger partial charge on any atom is -0.0622 e. The van der Waals surface area contributed by atoms with Crippen molar-refractivity contribution in [2.24, 2.45) is 0 Å². The van der Waals surface area contributed by atoms with Crippen molar-refractivity contribution in [3.05, 3.63) is 198 Å². The van der Waals surface area contributed by atoms with E-state index in [0.29, 0.717) is 0 Å². The Hall–Kier alpha value is -4.94. The maximum atomic E-state index is 3.93. The summed E-state index contributed by atoms with van der Waals surface area (Å²) in [5.41, 5.74) is 13.5. The first-order valence-electron chi connectivity index (χ1n) is 13.8. The predicted octanol–water partition coefficient (Wildman–Crippen LogP) is 10.2. The fourth-order valence-electron chi connectivity index (χ4n) is 6.03. The molecule has 0 bridgehead atoms. The standard InChI is InChI=1S/C40H28/c1-6-16-29(17-7-1)35-27-26-34-28-36(30-18-8-2-9-19-30)38(32-22-12-4-13-23-32)39(33-24-14-5-15-25-33)40(34)37(35)31-20-10-3-11-21-31/h1-27,39H. The minimum atomic E-state index is 0.0222. The van der Waals surface area contributed by atoms with Crippen LogP contribution in [0.25, 0.3) is 33.4 Å². The summed E-state index contributed by atoms with van der Waals surface area (Å²) in [6.45, 7) is 0. The van der Waals surface area contributed by atoms with Crippen molar-refractivity contribution in [3.63, 3.8) is 0 Å². The summed E-state index contributed by atoms with van der Waals surface area (Å²) >= 11 is 0. The predicted molar refractivity (Wildman–Crippen MR) is 168 cm³/mol. The Kier molecular flexibility index (Phi) is 6.44. The summed E-state index contributed by atoms with van der Waals surface area (Å²) in [7, 11) is 0. The largest absolute Gasteiger partial charge is 0.0622 e. The molecule has 0 heteroatoms. The quantitative estimate of drug-likeness (QED) is 0.217. The van der Waals surface area contributed by atoms with Crippen LogP contribution in [0.15, 0.2) is 164 Å². The second-order valence-corrected chi connectivity index (χ2v) is 10.2. The Labute approximate surface area is 236 Å². The van der Waals surface area contributed by atoms with Crippen LogP contribution in [0.5, 0.6) is 0 Å². The number of rotatable bonds is 5. The highest BCUT2D eigenvalue weighted by molar-refractivity contribution is 6.04. The summed E-state index contributed by atoms with van der Waals surface area (Å²) in [4.78, 5) is 0. The first kappa shape index (κ1) is 24.1. The Bertz CT molecular complexity index is 1770. The second-order valence-electron chi connectivity index (χ2n) is 10.2. The second kappa shape index (κ2) is 10.7. The van der Waals surface area contributed by atoms with Crippen molar-refractivity contribution in [1.29, 1.82) is 0 Å². The van der Waals surface area contributed by atoms with Gasteiger partial charge in [0.05, 0.1) is 6.42 Å². The molecule has 1 atom stereocenters. The minimum absolute atomic E-state index is 0.0222. The summed E-state index contributed by atoms with van der Waals surface area (Å²) in [6, 6.07) is 58.7. The van der Waals surface area contributed by atoms with Crippen LogP contribution < -0.4 is 0 Å². The lowest BCUT2D eigenvalue weighted by Gasteiger charge is -2.35. The molecule has 188 valence electrons. The van der Waals surface area contributed by atoms with E-state index in [0.717, 1.165) is 11.1 Å². The van der Waals surface area contributed by atoms with Crippen LogP contribution >= 0.6 is 0 Å². The number of benzene rings is 6. The fourth-order valence-corrected chi connectivity index (χ4v) is 6.03. The van der Waals surface area contributed by atoms with Gasteiger partial charge in [-0.3, -0.25) is 0 Å². The van der Waals surface area contributed by atoms with Gasteiger partial charge >= 0.3 is 0 Å². The lowest BCUT2D eigenvalue weighted by Crippen LogP contribution is -2.16. The molecule has 0 spiro atoms. The molecule has 6 aromatic rings. The Balaban J connectivity index is 1.61. The molecule has 0 saturated heterocycles. The van der Waals surface area contributed by atoms with E-state index in [1.54, 1.807) is 0 Å². The third kappa shape index (κ3) is 4.38. The van der Waals surface area contributed by atoms with Crippen molar-refractivity contribution in [3.8, 4) is 22.3 Å². The molecular formula is C40H28. The molecular weight excluding hydrogens is 480 g/mol. The number of allylic oxidation sites excluding steroid dienone is 2. The van der Waals surface area contributed by atoms with Gasteiger partial charge in [-0.15, -0.1) is 0 Å². The molecule has 0 heterocycles. The van der Waals surface area contributed by atoms with E-state index in [-0.39, 0.29) is 5.92 Å². The topological polar surface area (TPSA) is 0 Å². The molecule has 6 aromatic carbocycles. The van der Waals surface area contributed by atoms with E-state index < -0.39 is 0 Å². The Morgan fingerprint density at radius 2 is 0.875 bits per heavy atom. The lowest BCUT2D eigenvalue weighted by atomic mass is 9.68. The zero-order valence-electron chi connectivity index (χ0n) is 22.2. The summed E-state index contributed by atoms with van der Waals surface area (Å²) < 4.78 is 0. The van der Waals surface area contributed by atoms with Gasteiger partial charge in [-0.2, -0.15) is 0 Å². The molecule has 1 aliphatic rings. The van der Waals surface area contributed by atoms with Gasteiger partial charge in [-0.1, -0.05) is 164 Å². The molecule has 40 heavy (non-hydrogen) atoms. The molecule has 0 aromatic heterocycles. The van der Waals surface area contributed by atoms with Crippen LogP contribution in [0, 0.1) is 6.42 Å². The van der Waals surface area contributed by atoms with Crippen molar-refractivity contribution < 1.29 is 0 Å². The average molecular weight is 509 g/mol. The van der Waals surface area contributed by atoms with Crippen LogP contribution in [0.2, 0.25) is 0 Å². The molecule has 7 rings (SSSR count). The van der Waals surface area contributed by atoms with Gasteiger partial charge in [-0.25, -0.2) is 0 Å². The molecule has 1 unspecified atom stereocenters. The maximum Gasteiger partial charge on any atom is 0.0515 e. The van der Waals surface area contributed by atoms with E-state index >= 15 is 0 Å². The van der Waals surface area contributed by atoms with Crippen molar-refractivity contribution in [1.82, 2.24) is 0 Å². The number of hydrogen-bond donors (Lipinski definition) is 0. The van der Waals surface area contributed by atoms with E-state index in [4.69, 9.17) is 0 Å². The van der Waals surface area contributed by atoms with Crippen molar-refractivity contribution in [2.45, 2.75) is 5.92 Å². The zero-order chi connectivity index (χ0) is 26.7. The molecule has 1 aliphatic carbocycles. The summed E-state index contributed by atoms with van der Waals surface area (Å²) in [6.07, 6.45) is 3.93. The van der Waals surface area contributed by atoms with Gasteiger partial charge in [-0.05, 0) is 61.2 Å². The van der Waals surface area contributed by atoms with Gasteiger partial charge in [0.1, 0.15) is 0 Å². The molecule has 0 nitrogen and oxygen atoms in total. The molecule has 0 amide bonds. The highest BCUT2D eigenvalue weighted by Crippen LogP contribution is 2.53. The number of fused-ring (bicyclic) bond motifs is 1. The van der Waals surface area contributed by atoms with Crippen LogP contribution in [0.1, 0.15) is 33.7 Å². The zero-order valence-corrected chi connectivity index (χ0v) is 22.2. The van der Waals surface area contributed by atoms with Crippen LogP contribution in [-0.4, -0.2) is 0 Å². The molecule has 0 aliphatic heterocycles. The maximum absolute atomic E-state index is 3.93. The fraction of sp³-hybridized carbons (Fsp3) is 0.0250. The number of hydrogen-bond acceptors (Lipinski definition) is 0. The highest BCUT2D eigenvalue weighted by atomic mass is 14.4. The van der Waals surface area contributed by atoms with Gasteiger partial charge < -0.3 is 0 Å². The van der Waals surface area contributed by atoms with Crippen LogP contribution in [0.3, 0.4) is 0 Å². The molecule has 2 radical (unpaired) electrons. The molecule has 0 fully saturated rings. The Morgan fingerprint density at radius 1 is 0.400 bits per heavy atom. The lowest BCUT2D eigenvalue weighted by molar-refractivity contribution is 1.02.